The van der Waals surface area contributed by atoms with Crippen LogP contribution in [0.2, 0.25) is 0 Å². The quantitative estimate of drug-likeness (QED) is 0.654. The summed E-state index contributed by atoms with van der Waals surface area (Å²) < 4.78 is 0. The highest BCUT2D eigenvalue weighted by atomic mass is 16.6. The predicted molar refractivity (Wildman–Crippen MR) is 75.9 cm³/mol. The van der Waals surface area contributed by atoms with Crippen LogP contribution in [0.15, 0.2) is 24.3 Å². The Morgan fingerprint density at radius 1 is 1.24 bits per heavy atom. The number of hydrogen-bond donors (Lipinski definition) is 1. The zero-order chi connectivity index (χ0) is 15.2. The molecule has 1 heterocycles. The molecule has 0 bridgehead atoms. The van der Waals surface area contributed by atoms with Crippen LogP contribution in [0.5, 0.6) is 0 Å². The van der Waals surface area contributed by atoms with Crippen molar-refractivity contribution < 1.29 is 14.5 Å². The number of nitro groups is 1. The molecular formula is C14H17N3O4. The molecule has 0 aliphatic carbocycles. The maximum absolute atomic E-state index is 11.9. The van der Waals surface area contributed by atoms with E-state index in [1.54, 1.807) is 11.0 Å². The van der Waals surface area contributed by atoms with E-state index in [9.17, 15) is 19.7 Å². The predicted octanol–water partition coefficient (Wildman–Crippen LogP) is 1.34. The van der Waals surface area contributed by atoms with Gasteiger partial charge in [-0.2, -0.15) is 0 Å². The third kappa shape index (κ3) is 3.77. The SMILES string of the molecule is O=C(NCCC(=O)N1CCCC1)c1ccccc1[N+](=O)[O-]. The van der Waals surface area contributed by atoms with E-state index >= 15 is 0 Å². The van der Waals surface area contributed by atoms with Crippen LogP contribution in [0.1, 0.15) is 29.6 Å². The van der Waals surface area contributed by atoms with E-state index in [1.807, 2.05) is 0 Å². The number of para-hydroxylation sites is 1. The van der Waals surface area contributed by atoms with Gasteiger partial charge in [0.05, 0.1) is 4.92 Å². The second kappa shape index (κ2) is 6.83. The fraction of sp³-hybridized carbons (Fsp3) is 0.429. The van der Waals surface area contributed by atoms with E-state index in [2.05, 4.69) is 5.32 Å². The van der Waals surface area contributed by atoms with Crippen LogP contribution in [-0.4, -0.2) is 41.3 Å². The zero-order valence-electron chi connectivity index (χ0n) is 11.6. The molecule has 1 N–H and O–H groups in total. The van der Waals surface area contributed by atoms with Crippen molar-refractivity contribution in [2.75, 3.05) is 19.6 Å². The largest absolute Gasteiger partial charge is 0.351 e. The molecule has 2 rings (SSSR count). The highest BCUT2D eigenvalue weighted by Gasteiger charge is 2.20. The van der Waals surface area contributed by atoms with Gasteiger partial charge in [0.15, 0.2) is 0 Å². The first-order valence-electron chi connectivity index (χ1n) is 6.89. The first-order valence-corrected chi connectivity index (χ1v) is 6.89. The van der Waals surface area contributed by atoms with E-state index in [0.717, 1.165) is 25.9 Å². The van der Waals surface area contributed by atoms with Crippen molar-refractivity contribution in [1.82, 2.24) is 10.2 Å². The van der Waals surface area contributed by atoms with Gasteiger partial charge in [-0.15, -0.1) is 0 Å². The standard InChI is InChI=1S/C14H17N3O4/c18-13(16-9-3-4-10-16)7-8-15-14(19)11-5-1-2-6-12(11)17(20)21/h1-2,5-6H,3-4,7-10H2,(H,15,19). The molecule has 0 spiro atoms. The molecule has 1 aromatic carbocycles. The van der Waals surface area contributed by atoms with E-state index in [-0.39, 0.29) is 30.1 Å². The van der Waals surface area contributed by atoms with Gasteiger partial charge in [0.25, 0.3) is 11.6 Å². The average Bonchev–Trinajstić information content (AvgIpc) is 3.01. The summed E-state index contributed by atoms with van der Waals surface area (Å²) in [5, 5.41) is 13.4. The van der Waals surface area contributed by atoms with E-state index in [0.29, 0.717) is 0 Å². The van der Waals surface area contributed by atoms with Crippen molar-refractivity contribution in [3.63, 3.8) is 0 Å². The van der Waals surface area contributed by atoms with Gasteiger partial charge in [0, 0.05) is 32.1 Å². The number of nitrogens with zero attached hydrogens (tertiary/aromatic N) is 2. The van der Waals surface area contributed by atoms with Crippen LogP contribution in [0, 0.1) is 10.1 Å². The van der Waals surface area contributed by atoms with Gasteiger partial charge < -0.3 is 10.2 Å². The van der Waals surface area contributed by atoms with Crippen molar-refractivity contribution in [3.8, 4) is 0 Å². The molecule has 0 saturated carbocycles. The molecule has 0 unspecified atom stereocenters. The topological polar surface area (TPSA) is 92.6 Å². The molecule has 1 aromatic rings. The lowest BCUT2D eigenvalue weighted by Crippen LogP contribution is -2.32. The summed E-state index contributed by atoms with van der Waals surface area (Å²) in [7, 11) is 0. The molecule has 7 heteroatoms. The lowest BCUT2D eigenvalue weighted by molar-refractivity contribution is -0.385. The molecule has 2 amide bonds. The zero-order valence-corrected chi connectivity index (χ0v) is 11.6. The highest BCUT2D eigenvalue weighted by Crippen LogP contribution is 2.17. The highest BCUT2D eigenvalue weighted by molar-refractivity contribution is 5.98. The number of benzene rings is 1. The number of carbonyl (C=O) groups excluding carboxylic acids is 2. The van der Waals surface area contributed by atoms with Crippen LogP contribution in [-0.2, 0) is 4.79 Å². The van der Waals surface area contributed by atoms with Gasteiger partial charge in [-0.3, -0.25) is 19.7 Å². The number of carbonyl (C=O) groups is 2. The minimum absolute atomic E-state index is 0.00959. The monoisotopic (exact) mass is 291 g/mol. The molecule has 7 nitrogen and oxygen atoms in total. The third-order valence-corrected chi connectivity index (χ3v) is 3.43. The Bertz CT molecular complexity index is 553. The van der Waals surface area contributed by atoms with Gasteiger partial charge in [-0.25, -0.2) is 0 Å². The third-order valence-electron chi connectivity index (χ3n) is 3.43. The average molecular weight is 291 g/mol. The van der Waals surface area contributed by atoms with Crippen molar-refractivity contribution in [3.05, 3.63) is 39.9 Å². The Balaban J connectivity index is 1.87. The minimum atomic E-state index is -0.593. The maximum Gasteiger partial charge on any atom is 0.282 e. The van der Waals surface area contributed by atoms with Gasteiger partial charge in [0.2, 0.25) is 5.91 Å². The minimum Gasteiger partial charge on any atom is -0.351 e. The van der Waals surface area contributed by atoms with Crippen LogP contribution >= 0.6 is 0 Å². The molecule has 1 aliphatic heterocycles. The smallest absolute Gasteiger partial charge is 0.282 e. The molecule has 21 heavy (non-hydrogen) atoms. The first-order chi connectivity index (χ1) is 10.1. The normalized spacial score (nSPS) is 14.0. The van der Waals surface area contributed by atoms with Crippen LogP contribution in [0.4, 0.5) is 5.69 Å². The van der Waals surface area contributed by atoms with E-state index in [4.69, 9.17) is 0 Å². The van der Waals surface area contributed by atoms with Crippen molar-refractivity contribution >= 4 is 17.5 Å². The number of nitrogens with one attached hydrogen (secondary N) is 1. The number of rotatable bonds is 5. The second-order valence-electron chi connectivity index (χ2n) is 4.87. The van der Waals surface area contributed by atoms with Gasteiger partial charge in [0.1, 0.15) is 5.56 Å². The van der Waals surface area contributed by atoms with Crippen molar-refractivity contribution in [2.45, 2.75) is 19.3 Å². The Labute approximate surface area is 122 Å². The Morgan fingerprint density at radius 3 is 2.57 bits per heavy atom. The van der Waals surface area contributed by atoms with Crippen LogP contribution in [0.25, 0.3) is 0 Å². The molecule has 1 aliphatic rings. The first kappa shape index (κ1) is 15.0. The van der Waals surface area contributed by atoms with Gasteiger partial charge in [-0.05, 0) is 18.9 Å². The molecule has 1 fully saturated rings. The summed E-state index contributed by atoms with van der Waals surface area (Å²) >= 11 is 0. The molecule has 0 aromatic heterocycles. The number of hydrogen-bond acceptors (Lipinski definition) is 4. The summed E-state index contributed by atoms with van der Waals surface area (Å²) in [6.07, 6.45) is 2.26. The van der Waals surface area contributed by atoms with E-state index in [1.165, 1.54) is 18.2 Å². The number of likely N-dealkylation sites (tertiary alicyclic amines) is 1. The Hall–Kier alpha value is -2.44. The Kier molecular flexibility index (Phi) is 4.86. The summed E-state index contributed by atoms with van der Waals surface area (Å²) in [6.45, 7) is 1.73. The lowest BCUT2D eigenvalue weighted by atomic mass is 10.1. The number of amides is 2. The van der Waals surface area contributed by atoms with Gasteiger partial charge >= 0.3 is 0 Å². The molecular weight excluding hydrogens is 274 g/mol. The van der Waals surface area contributed by atoms with Crippen LogP contribution in [0.3, 0.4) is 0 Å². The summed E-state index contributed by atoms with van der Waals surface area (Å²) in [6, 6.07) is 5.75. The number of nitro benzene ring substituents is 1. The summed E-state index contributed by atoms with van der Waals surface area (Å²) in [5.41, 5.74) is -0.225. The second-order valence-corrected chi connectivity index (χ2v) is 4.87. The summed E-state index contributed by atoms with van der Waals surface area (Å²) in [4.78, 5) is 35.8. The molecule has 112 valence electrons. The van der Waals surface area contributed by atoms with Crippen molar-refractivity contribution in [2.24, 2.45) is 0 Å². The van der Waals surface area contributed by atoms with E-state index < -0.39 is 10.8 Å². The maximum atomic E-state index is 11.9. The fourth-order valence-corrected chi connectivity index (χ4v) is 2.33. The van der Waals surface area contributed by atoms with Gasteiger partial charge in [-0.1, -0.05) is 12.1 Å². The van der Waals surface area contributed by atoms with Crippen molar-refractivity contribution in [1.29, 1.82) is 0 Å². The fourth-order valence-electron chi connectivity index (χ4n) is 2.33. The lowest BCUT2D eigenvalue weighted by Gasteiger charge is -2.15. The Morgan fingerprint density at radius 2 is 1.90 bits per heavy atom. The van der Waals surface area contributed by atoms with Crippen LogP contribution < -0.4 is 5.32 Å². The molecule has 1 saturated heterocycles. The molecule has 0 atom stereocenters. The molecule has 0 radical (unpaired) electrons. The summed E-state index contributed by atoms with van der Waals surface area (Å²) in [5.74, 6) is -0.521.